The molecule has 0 atom stereocenters. The van der Waals surface area contributed by atoms with Crippen LogP contribution in [-0.2, 0) is 6.61 Å². The molecule has 0 saturated carbocycles. The number of amides is 1. The zero-order valence-corrected chi connectivity index (χ0v) is 20.3. The number of nitro benzene ring substituents is 1. The minimum absolute atomic E-state index is 0.0222. The third kappa shape index (κ3) is 5.41. The van der Waals surface area contributed by atoms with Crippen LogP contribution in [0.1, 0.15) is 20.8 Å². The fourth-order valence-corrected chi connectivity index (χ4v) is 4.67. The van der Waals surface area contributed by atoms with Gasteiger partial charge in [0.05, 0.1) is 27.6 Å². The molecule has 0 aliphatic heterocycles. The van der Waals surface area contributed by atoms with Crippen LogP contribution < -0.4 is 14.9 Å². The number of fused-ring (bicyclic) bond motifs is 1. The van der Waals surface area contributed by atoms with Gasteiger partial charge in [0.25, 0.3) is 11.6 Å². The Morgan fingerprint density at radius 3 is 2.71 bits per heavy atom. The summed E-state index contributed by atoms with van der Waals surface area (Å²) in [6.07, 6.45) is 1.49. The molecule has 0 unspecified atom stereocenters. The van der Waals surface area contributed by atoms with Gasteiger partial charge in [-0.2, -0.15) is 5.10 Å². The van der Waals surface area contributed by atoms with Crippen LogP contribution in [0.5, 0.6) is 11.5 Å². The lowest BCUT2D eigenvalue weighted by Gasteiger charge is -2.13. The van der Waals surface area contributed by atoms with Gasteiger partial charge in [-0.15, -0.1) is 11.3 Å². The second-order valence-electron chi connectivity index (χ2n) is 7.10. The first-order valence-corrected chi connectivity index (χ1v) is 11.6. The van der Waals surface area contributed by atoms with Crippen molar-refractivity contribution in [3.63, 3.8) is 0 Å². The normalized spacial score (nSPS) is 11.0. The zero-order chi connectivity index (χ0) is 24.1. The van der Waals surface area contributed by atoms with Crippen molar-refractivity contribution in [1.29, 1.82) is 0 Å². The van der Waals surface area contributed by atoms with Crippen molar-refractivity contribution in [3.05, 3.63) is 97.3 Å². The van der Waals surface area contributed by atoms with Gasteiger partial charge in [-0.25, -0.2) is 5.43 Å². The van der Waals surface area contributed by atoms with Gasteiger partial charge in [-0.1, -0.05) is 30.3 Å². The highest BCUT2D eigenvalue weighted by atomic mass is 79.9. The zero-order valence-electron chi connectivity index (χ0n) is 17.9. The molecule has 0 aliphatic rings. The first-order valence-electron chi connectivity index (χ1n) is 10.0. The van der Waals surface area contributed by atoms with Crippen molar-refractivity contribution in [1.82, 2.24) is 5.43 Å². The molecule has 0 radical (unpaired) electrons. The number of thiophene rings is 1. The van der Waals surface area contributed by atoms with E-state index in [1.807, 2.05) is 30.3 Å². The number of hydrogen-bond donors (Lipinski definition) is 1. The van der Waals surface area contributed by atoms with Crippen LogP contribution in [0.2, 0.25) is 0 Å². The number of rotatable bonds is 8. The minimum Gasteiger partial charge on any atom is -0.493 e. The maximum absolute atomic E-state index is 12.5. The maximum Gasteiger partial charge on any atom is 0.281 e. The van der Waals surface area contributed by atoms with Gasteiger partial charge < -0.3 is 9.47 Å². The summed E-state index contributed by atoms with van der Waals surface area (Å²) in [4.78, 5) is 23.4. The summed E-state index contributed by atoms with van der Waals surface area (Å²) in [7, 11) is 1.55. The van der Waals surface area contributed by atoms with Gasteiger partial charge in [-0.3, -0.25) is 14.9 Å². The summed E-state index contributed by atoms with van der Waals surface area (Å²) in [6, 6.07) is 19.4. The van der Waals surface area contributed by atoms with E-state index >= 15 is 0 Å². The molecule has 1 heterocycles. The molecule has 8 nitrogen and oxygen atoms in total. The molecule has 4 rings (SSSR count). The smallest absolute Gasteiger partial charge is 0.281 e. The molecule has 1 N–H and O–H groups in total. The topological polar surface area (TPSA) is 103 Å². The van der Waals surface area contributed by atoms with E-state index in [-0.39, 0.29) is 5.69 Å². The fraction of sp³-hybridized carbons (Fsp3) is 0.0833. The monoisotopic (exact) mass is 539 g/mol. The van der Waals surface area contributed by atoms with E-state index in [0.717, 1.165) is 10.3 Å². The summed E-state index contributed by atoms with van der Waals surface area (Å²) in [5.74, 6) is 0.671. The molecule has 10 heteroatoms. The second kappa shape index (κ2) is 10.4. The number of hydrazone groups is 1. The lowest BCUT2D eigenvalue weighted by Crippen LogP contribution is -2.16. The van der Waals surface area contributed by atoms with Crippen molar-refractivity contribution in [2.45, 2.75) is 6.61 Å². The fourth-order valence-electron chi connectivity index (χ4n) is 3.16. The molecule has 1 amide bonds. The Morgan fingerprint density at radius 1 is 1.18 bits per heavy atom. The Balaban J connectivity index is 1.44. The van der Waals surface area contributed by atoms with Gasteiger partial charge in [0.2, 0.25) is 0 Å². The van der Waals surface area contributed by atoms with Gasteiger partial charge in [0, 0.05) is 22.2 Å². The van der Waals surface area contributed by atoms with Gasteiger partial charge in [0.15, 0.2) is 11.5 Å². The SMILES string of the molecule is COc1cc(/C=N\NC(=O)c2cc3cc([N+](=O)[O-])ccc3s2)cc(Br)c1OCc1ccccc1. The van der Waals surface area contributed by atoms with Crippen molar-refractivity contribution in [3.8, 4) is 11.5 Å². The highest BCUT2D eigenvalue weighted by molar-refractivity contribution is 9.10. The Labute approximate surface area is 207 Å². The summed E-state index contributed by atoms with van der Waals surface area (Å²) in [6.45, 7) is 0.387. The first-order chi connectivity index (χ1) is 16.4. The molecule has 34 heavy (non-hydrogen) atoms. The predicted molar refractivity (Wildman–Crippen MR) is 135 cm³/mol. The molecular weight excluding hydrogens is 522 g/mol. The van der Waals surface area contributed by atoms with Crippen molar-refractivity contribution < 1.29 is 19.2 Å². The molecule has 172 valence electrons. The quantitative estimate of drug-likeness (QED) is 0.170. The van der Waals surface area contributed by atoms with E-state index in [1.165, 1.54) is 29.7 Å². The number of nitrogens with one attached hydrogen (secondary N) is 1. The molecule has 4 aromatic rings. The number of nitro groups is 1. The Hall–Kier alpha value is -3.76. The molecule has 3 aromatic carbocycles. The number of non-ortho nitro benzene ring substituents is 1. The molecule has 0 saturated heterocycles. The third-order valence-corrected chi connectivity index (χ3v) is 6.50. The summed E-state index contributed by atoms with van der Waals surface area (Å²) < 4.78 is 12.8. The van der Waals surface area contributed by atoms with Crippen molar-refractivity contribution in [2.24, 2.45) is 5.10 Å². The first kappa shape index (κ1) is 23.4. The largest absolute Gasteiger partial charge is 0.493 e. The van der Waals surface area contributed by atoms with Gasteiger partial charge >= 0.3 is 0 Å². The van der Waals surface area contributed by atoms with Crippen LogP contribution in [0.3, 0.4) is 0 Å². The summed E-state index contributed by atoms with van der Waals surface area (Å²) in [5.41, 5.74) is 4.17. The van der Waals surface area contributed by atoms with E-state index < -0.39 is 10.8 Å². The number of hydrogen-bond acceptors (Lipinski definition) is 7. The number of ether oxygens (including phenoxy) is 2. The number of halogens is 1. The Bertz CT molecular complexity index is 1390. The molecule has 0 spiro atoms. The van der Waals surface area contributed by atoms with E-state index in [4.69, 9.17) is 9.47 Å². The number of carbonyl (C=O) groups excluding carboxylic acids is 1. The third-order valence-electron chi connectivity index (χ3n) is 4.79. The van der Waals surface area contributed by atoms with Crippen molar-refractivity contribution in [2.75, 3.05) is 7.11 Å². The number of carbonyl (C=O) groups is 1. The van der Waals surface area contributed by atoms with Crippen LogP contribution in [-0.4, -0.2) is 24.2 Å². The second-order valence-corrected chi connectivity index (χ2v) is 9.04. The van der Waals surface area contributed by atoms with Crippen molar-refractivity contribution >= 4 is 55.2 Å². The predicted octanol–water partition coefficient (Wildman–Crippen LogP) is 5.92. The molecule has 0 aliphatic carbocycles. The van der Waals surface area contributed by atoms with E-state index in [2.05, 4.69) is 26.5 Å². The number of nitrogens with zero attached hydrogens (tertiary/aromatic N) is 2. The van der Waals surface area contributed by atoms with E-state index in [1.54, 1.807) is 31.4 Å². The summed E-state index contributed by atoms with van der Waals surface area (Å²) >= 11 is 4.74. The van der Waals surface area contributed by atoms with Crippen LogP contribution in [0, 0.1) is 10.1 Å². The van der Waals surface area contributed by atoms with Crippen LogP contribution in [0.25, 0.3) is 10.1 Å². The Kier molecular flexibility index (Phi) is 7.19. The minimum atomic E-state index is -0.467. The maximum atomic E-state index is 12.5. The molecule has 0 fully saturated rings. The van der Waals surface area contributed by atoms with E-state index in [0.29, 0.717) is 38.4 Å². The molecule has 0 bridgehead atoms. The highest BCUT2D eigenvalue weighted by Gasteiger charge is 2.14. The standard InChI is InChI=1S/C24H18BrN3O5S/c1-32-20-10-16(9-19(25)23(20)33-14-15-5-3-2-4-6-15)13-26-27-24(29)22-12-17-11-18(28(30)31)7-8-21(17)34-22/h2-13H,14H2,1H3,(H,27,29)/b26-13-. The van der Waals surface area contributed by atoms with Crippen LogP contribution in [0.4, 0.5) is 5.69 Å². The Morgan fingerprint density at radius 2 is 1.97 bits per heavy atom. The lowest BCUT2D eigenvalue weighted by atomic mass is 10.2. The van der Waals surface area contributed by atoms with Crippen LogP contribution in [0.15, 0.2) is 76.3 Å². The average molecular weight is 540 g/mol. The van der Waals surface area contributed by atoms with E-state index in [9.17, 15) is 14.9 Å². The molecule has 1 aromatic heterocycles. The average Bonchev–Trinajstić information content (AvgIpc) is 3.27. The number of methoxy groups -OCH3 is 1. The lowest BCUT2D eigenvalue weighted by molar-refractivity contribution is -0.384. The highest BCUT2D eigenvalue weighted by Crippen LogP contribution is 2.37. The molecular formula is C24H18BrN3O5S. The number of benzene rings is 3. The van der Waals surface area contributed by atoms with Crippen LogP contribution >= 0.6 is 27.3 Å². The van der Waals surface area contributed by atoms with Gasteiger partial charge in [0.1, 0.15) is 6.61 Å². The van der Waals surface area contributed by atoms with Gasteiger partial charge in [-0.05, 0) is 51.3 Å². The summed E-state index contributed by atoms with van der Waals surface area (Å²) in [5, 5.41) is 15.6.